The topological polar surface area (TPSA) is 84.3 Å². The van der Waals surface area contributed by atoms with Crippen molar-refractivity contribution in [3.8, 4) is 11.5 Å². The summed E-state index contributed by atoms with van der Waals surface area (Å²) >= 11 is 4.52. The van der Waals surface area contributed by atoms with Crippen LogP contribution in [0.25, 0.3) is 0 Å². The Kier molecular flexibility index (Phi) is 9.71. The molecular formula is C17H14BrCl2F2N3O3S. The molecule has 0 saturated heterocycles. The largest absolute Gasteiger partial charge is 0.481 e. The molecule has 0 fully saturated rings. The first-order chi connectivity index (χ1) is 12.9. The van der Waals surface area contributed by atoms with Crippen molar-refractivity contribution in [3.63, 3.8) is 0 Å². The molecule has 0 bridgehead atoms. The number of aliphatic carboxylic acids is 1. The van der Waals surface area contributed by atoms with Gasteiger partial charge in [-0.2, -0.15) is 0 Å². The van der Waals surface area contributed by atoms with E-state index in [0.717, 1.165) is 12.1 Å². The van der Waals surface area contributed by atoms with E-state index in [-0.39, 0.29) is 37.0 Å². The molecule has 0 amide bonds. The number of hydrogen-bond donors (Lipinski definition) is 2. The summed E-state index contributed by atoms with van der Waals surface area (Å²) in [4.78, 5) is 19.0. The maximum absolute atomic E-state index is 13.8. The number of carbonyl (C=O) groups is 1. The molecule has 29 heavy (non-hydrogen) atoms. The number of halogens is 5. The molecule has 3 rings (SSSR count). The summed E-state index contributed by atoms with van der Waals surface area (Å²) in [5.74, 6) is -2.54. The van der Waals surface area contributed by atoms with Crippen LogP contribution < -0.4 is 10.1 Å². The first-order valence-electron chi connectivity index (χ1n) is 7.63. The molecule has 0 spiro atoms. The first-order valence-corrected chi connectivity index (χ1v) is 9.30. The third kappa shape index (κ3) is 6.77. The second-order valence-corrected chi connectivity index (χ2v) is 7.03. The van der Waals surface area contributed by atoms with E-state index in [1.807, 2.05) is 0 Å². The molecule has 12 heteroatoms. The van der Waals surface area contributed by atoms with Gasteiger partial charge in [0.25, 0.3) is 0 Å². The van der Waals surface area contributed by atoms with E-state index in [0.29, 0.717) is 27.5 Å². The fourth-order valence-corrected chi connectivity index (χ4v) is 3.13. The van der Waals surface area contributed by atoms with Gasteiger partial charge in [0.2, 0.25) is 0 Å². The zero-order chi connectivity index (χ0) is 19.4. The second-order valence-electron chi connectivity index (χ2n) is 5.32. The zero-order valence-electron chi connectivity index (χ0n) is 14.4. The standard InChI is InChI=1S/C17H12BrF2N3O3S.2ClH/c18-10-7-21-14(23-17-22-9(8-27-17)4-5-15(24)25)6-13(10)26-16-11(19)2-1-3-12(16)20;;/h1-3,6-8H,4-5H2,(H,24,25)(H,21,22,23);2*1H. The molecule has 2 heterocycles. The van der Waals surface area contributed by atoms with Crippen LogP contribution in [0.4, 0.5) is 19.7 Å². The number of hydrogen-bond acceptors (Lipinski definition) is 6. The highest BCUT2D eigenvalue weighted by molar-refractivity contribution is 9.10. The van der Waals surface area contributed by atoms with Gasteiger partial charge in [-0.3, -0.25) is 4.79 Å². The number of ether oxygens (including phenoxy) is 1. The van der Waals surface area contributed by atoms with Crippen LogP contribution in [0, 0.1) is 11.6 Å². The first kappa shape index (κ1) is 25.0. The number of para-hydroxylation sites is 1. The number of thiazole rings is 1. The fourth-order valence-electron chi connectivity index (χ4n) is 2.08. The van der Waals surface area contributed by atoms with Gasteiger partial charge in [0.05, 0.1) is 16.6 Å². The Morgan fingerprint density at radius 2 is 1.97 bits per heavy atom. The molecule has 0 aliphatic rings. The molecule has 2 aromatic heterocycles. The summed E-state index contributed by atoms with van der Waals surface area (Å²) in [6.07, 6.45) is 1.74. The summed E-state index contributed by atoms with van der Waals surface area (Å²) < 4.78 is 33.3. The SMILES string of the molecule is Cl.Cl.O=C(O)CCc1csc(Nc2cc(Oc3c(F)cccc3F)c(Br)cn2)n1. The lowest BCUT2D eigenvalue weighted by atomic mass is 10.2. The van der Waals surface area contributed by atoms with Crippen LogP contribution in [-0.2, 0) is 11.2 Å². The van der Waals surface area contributed by atoms with Crippen molar-refractivity contribution in [2.24, 2.45) is 0 Å². The summed E-state index contributed by atoms with van der Waals surface area (Å²) in [7, 11) is 0. The number of aryl methyl sites for hydroxylation is 1. The van der Waals surface area contributed by atoms with Gasteiger partial charge in [-0.1, -0.05) is 6.07 Å². The Labute approximate surface area is 189 Å². The molecule has 0 saturated carbocycles. The zero-order valence-corrected chi connectivity index (χ0v) is 18.4. The number of pyridine rings is 1. The molecule has 6 nitrogen and oxygen atoms in total. The second kappa shape index (κ2) is 11.2. The van der Waals surface area contributed by atoms with Gasteiger partial charge in [-0.15, -0.1) is 36.2 Å². The number of aromatic nitrogens is 2. The van der Waals surface area contributed by atoms with Crippen molar-refractivity contribution in [3.05, 3.63) is 57.6 Å². The maximum Gasteiger partial charge on any atom is 0.303 e. The minimum absolute atomic E-state index is 0. The molecular weight excluding hydrogens is 515 g/mol. The number of rotatable bonds is 7. The van der Waals surface area contributed by atoms with Crippen LogP contribution >= 0.6 is 52.1 Å². The van der Waals surface area contributed by atoms with Gasteiger partial charge in [0, 0.05) is 24.1 Å². The van der Waals surface area contributed by atoms with Crippen molar-refractivity contribution in [1.29, 1.82) is 0 Å². The molecule has 0 aliphatic heterocycles. The highest BCUT2D eigenvalue weighted by atomic mass is 79.9. The van der Waals surface area contributed by atoms with Crippen LogP contribution in [0.15, 0.2) is 40.3 Å². The Bertz CT molecular complexity index is 974. The normalized spacial score (nSPS) is 9.90. The number of carboxylic acids is 1. The van der Waals surface area contributed by atoms with E-state index in [2.05, 4.69) is 31.2 Å². The van der Waals surface area contributed by atoms with Gasteiger partial charge in [-0.05, 0) is 28.1 Å². The number of nitrogens with one attached hydrogen (secondary N) is 1. The Hall–Kier alpha value is -2.01. The van der Waals surface area contributed by atoms with Gasteiger partial charge < -0.3 is 15.2 Å². The van der Waals surface area contributed by atoms with Gasteiger partial charge in [-0.25, -0.2) is 18.7 Å². The molecule has 156 valence electrons. The molecule has 2 N–H and O–H groups in total. The Morgan fingerprint density at radius 1 is 1.28 bits per heavy atom. The highest BCUT2D eigenvalue weighted by Crippen LogP contribution is 2.34. The van der Waals surface area contributed by atoms with Crippen molar-refractivity contribution in [1.82, 2.24) is 9.97 Å². The monoisotopic (exact) mass is 527 g/mol. The Morgan fingerprint density at radius 3 is 2.62 bits per heavy atom. The van der Waals surface area contributed by atoms with E-state index in [9.17, 15) is 13.6 Å². The van der Waals surface area contributed by atoms with E-state index in [4.69, 9.17) is 9.84 Å². The van der Waals surface area contributed by atoms with Crippen LogP contribution in [0.5, 0.6) is 11.5 Å². The molecule has 3 aromatic rings. The van der Waals surface area contributed by atoms with Crippen LogP contribution in [0.3, 0.4) is 0 Å². The van der Waals surface area contributed by atoms with E-state index in [1.165, 1.54) is 29.7 Å². The van der Waals surface area contributed by atoms with E-state index >= 15 is 0 Å². The van der Waals surface area contributed by atoms with Crippen molar-refractivity contribution in [2.75, 3.05) is 5.32 Å². The van der Waals surface area contributed by atoms with Crippen LogP contribution in [-0.4, -0.2) is 21.0 Å². The molecule has 0 atom stereocenters. The maximum atomic E-state index is 13.8. The third-order valence-corrected chi connectivity index (χ3v) is 4.73. The van der Waals surface area contributed by atoms with Gasteiger partial charge >= 0.3 is 5.97 Å². The molecule has 1 aromatic carbocycles. The molecule has 0 unspecified atom stereocenters. The average Bonchev–Trinajstić information content (AvgIpc) is 3.06. The lowest BCUT2D eigenvalue weighted by molar-refractivity contribution is -0.136. The predicted octanol–water partition coefficient (Wildman–Crippen LogP) is 5.98. The van der Waals surface area contributed by atoms with Crippen molar-refractivity contribution in [2.45, 2.75) is 12.8 Å². The Balaban J connectivity index is 0.00000210. The minimum atomic E-state index is -0.894. The van der Waals surface area contributed by atoms with Crippen molar-refractivity contribution >= 4 is 69.0 Å². The van der Waals surface area contributed by atoms with Crippen LogP contribution in [0.1, 0.15) is 12.1 Å². The lowest BCUT2D eigenvalue weighted by Crippen LogP contribution is -1.99. The van der Waals surface area contributed by atoms with E-state index in [1.54, 1.807) is 5.38 Å². The smallest absolute Gasteiger partial charge is 0.303 e. The third-order valence-electron chi connectivity index (χ3n) is 3.33. The van der Waals surface area contributed by atoms with Gasteiger partial charge in [0.1, 0.15) is 11.6 Å². The fraction of sp³-hybridized carbons (Fsp3) is 0.118. The van der Waals surface area contributed by atoms with E-state index < -0.39 is 23.4 Å². The minimum Gasteiger partial charge on any atom is -0.481 e. The predicted molar refractivity (Wildman–Crippen MR) is 114 cm³/mol. The van der Waals surface area contributed by atoms with Crippen LogP contribution in [0.2, 0.25) is 0 Å². The van der Waals surface area contributed by atoms with Gasteiger partial charge in [0.15, 0.2) is 22.5 Å². The quantitative estimate of drug-likeness (QED) is 0.392. The summed E-state index contributed by atoms with van der Waals surface area (Å²) in [5, 5.41) is 13.9. The summed E-state index contributed by atoms with van der Waals surface area (Å²) in [6, 6.07) is 4.91. The summed E-state index contributed by atoms with van der Waals surface area (Å²) in [6.45, 7) is 0. The number of benzene rings is 1. The average molecular weight is 529 g/mol. The lowest BCUT2D eigenvalue weighted by Gasteiger charge is -2.11. The molecule has 0 radical (unpaired) electrons. The number of carboxylic acid groups (broad SMARTS) is 1. The molecule has 0 aliphatic carbocycles. The number of nitrogens with zero attached hydrogens (tertiary/aromatic N) is 2. The number of anilines is 2. The highest BCUT2D eigenvalue weighted by Gasteiger charge is 2.14. The summed E-state index contributed by atoms with van der Waals surface area (Å²) in [5.41, 5.74) is 0.645. The van der Waals surface area contributed by atoms with Crippen molar-refractivity contribution < 1.29 is 23.4 Å².